The molecule has 1 atom stereocenters. The standard InChI is InChI=1S/C24H54NO3Si/c1-7-8-9-10-11-12-13-14-15-16-17-18-19-20-21-23(22-24(2,3)26-4)25(29,27-5)28-6/h23H,7-22H2,1-6,29H3/q+1. The van der Waals surface area contributed by atoms with Gasteiger partial charge in [-0.05, 0) is 20.3 Å². The van der Waals surface area contributed by atoms with Crippen molar-refractivity contribution in [3.05, 3.63) is 0 Å². The average Bonchev–Trinajstić information content (AvgIpc) is 2.72. The Morgan fingerprint density at radius 1 is 0.690 bits per heavy atom. The molecule has 0 bridgehead atoms. The molecule has 0 N–H and O–H groups in total. The van der Waals surface area contributed by atoms with E-state index < -0.39 is 0 Å². The molecule has 0 aliphatic heterocycles. The highest BCUT2D eigenvalue weighted by molar-refractivity contribution is 5.96. The van der Waals surface area contributed by atoms with Gasteiger partial charge < -0.3 is 4.74 Å². The van der Waals surface area contributed by atoms with Crippen LogP contribution in [0.25, 0.3) is 0 Å². The Kier molecular flexibility index (Phi) is 17.7. The third-order valence-electron chi connectivity index (χ3n) is 6.56. The van der Waals surface area contributed by atoms with Gasteiger partial charge in [0.1, 0.15) is 6.04 Å². The summed E-state index contributed by atoms with van der Waals surface area (Å²) in [6, 6.07) is 0.337. The highest BCUT2D eigenvalue weighted by Crippen LogP contribution is 2.27. The van der Waals surface area contributed by atoms with Crippen LogP contribution in [0.3, 0.4) is 0 Å². The molecular formula is C24H54NO3Si+. The van der Waals surface area contributed by atoms with Crippen molar-refractivity contribution in [1.29, 1.82) is 0 Å². The van der Waals surface area contributed by atoms with Crippen molar-refractivity contribution in [2.24, 2.45) is 0 Å². The zero-order valence-corrected chi connectivity index (χ0v) is 23.1. The molecule has 1 unspecified atom stereocenters. The van der Waals surface area contributed by atoms with Crippen LogP contribution in [0.4, 0.5) is 0 Å². The zero-order chi connectivity index (χ0) is 22.0. The molecule has 29 heavy (non-hydrogen) atoms. The molecule has 0 aromatic carbocycles. The number of hydroxylamine groups is 2. The van der Waals surface area contributed by atoms with Gasteiger partial charge in [-0.25, -0.2) is 0 Å². The maximum absolute atomic E-state index is 5.73. The van der Waals surface area contributed by atoms with E-state index in [1.807, 2.05) is 0 Å². The lowest BCUT2D eigenvalue weighted by Crippen LogP contribution is -2.54. The fraction of sp³-hybridized carbons (Fsp3) is 1.00. The van der Waals surface area contributed by atoms with Gasteiger partial charge in [0, 0.05) is 20.0 Å². The van der Waals surface area contributed by atoms with Gasteiger partial charge in [-0.15, -0.1) is 4.48 Å². The molecule has 0 fully saturated rings. The minimum Gasteiger partial charge on any atom is -0.379 e. The third-order valence-corrected chi connectivity index (χ3v) is 8.02. The first kappa shape index (κ1) is 29.1. The summed E-state index contributed by atoms with van der Waals surface area (Å²) in [4.78, 5) is 11.5. The lowest BCUT2D eigenvalue weighted by Gasteiger charge is -2.38. The molecule has 4 nitrogen and oxygen atoms in total. The van der Waals surface area contributed by atoms with Crippen molar-refractivity contribution in [2.45, 2.75) is 135 Å². The Morgan fingerprint density at radius 3 is 1.41 bits per heavy atom. The first-order chi connectivity index (χ1) is 13.8. The summed E-state index contributed by atoms with van der Waals surface area (Å²) in [5.41, 5.74) is -0.147. The topological polar surface area (TPSA) is 27.7 Å². The maximum Gasteiger partial charge on any atom is 0.308 e. The van der Waals surface area contributed by atoms with Crippen molar-refractivity contribution in [2.75, 3.05) is 21.3 Å². The van der Waals surface area contributed by atoms with Crippen molar-refractivity contribution >= 4 is 10.4 Å². The molecular weight excluding hydrogens is 378 g/mol. The predicted octanol–water partition coefficient (Wildman–Crippen LogP) is 6.26. The highest BCUT2D eigenvalue weighted by atomic mass is 28.2. The van der Waals surface area contributed by atoms with E-state index in [1.54, 1.807) is 21.3 Å². The van der Waals surface area contributed by atoms with E-state index in [-0.39, 0.29) is 5.60 Å². The van der Waals surface area contributed by atoms with Gasteiger partial charge in [-0.2, -0.15) is 9.68 Å². The molecule has 0 aromatic heterocycles. The normalized spacial score (nSPS) is 13.9. The minimum absolute atomic E-state index is 0.147. The first-order valence-corrected chi connectivity index (χ1v) is 13.3. The quantitative estimate of drug-likeness (QED) is 0.122. The number of unbranched alkanes of at least 4 members (excludes halogenated alkanes) is 13. The molecule has 176 valence electrons. The SMILES string of the molecule is CCCCCCCCCCCCCCCCC(CC(C)(C)OC)[N+]([SiH3])(OC)OC. The second-order valence-electron chi connectivity index (χ2n) is 9.48. The molecule has 0 saturated heterocycles. The van der Waals surface area contributed by atoms with Gasteiger partial charge >= 0.3 is 10.4 Å². The number of hydrogen-bond donors (Lipinski definition) is 0. The highest BCUT2D eigenvalue weighted by Gasteiger charge is 2.38. The van der Waals surface area contributed by atoms with Crippen molar-refractivity contribution in [1.82, 2.24) is 0 Å². The number of ether oxygens (including phenoxy) is 1. The Balaban J connectivity index is 3.85. The molecule has 0 aliphatic carbocycles. The molecule has 0 heterocycles. The lowest BCUT2D eigenvalue weighted by atomic mass is 9.95. The first-order valence-electron chi connectivity index (χ1n) is 12.4. The molecule has 0 rings (SSSR count). The minimum atomic E-state index is -0.147. The van der Waals surface area contributed by atoms with E-state index in [0.29, 0.717) is 10.5 Å². The maximum atomic E-state index is 5.73. The van der Waals surface area contributed by atoms with E-state index in [4.69, 9.17) is 14.4 Å². The largest absolute Gasteiger partial charge is 0.379 e. The third kappa shape index (κ3) is 14.7. The average molecular weight is 433 g/mol. The van der Waals surface area contributed by atoms with E-state index in [9.17, 15) is 0 Å². The van der Waals surface area contributed by atoms with E-state index in [0.717, 1.165) is 23.2 Å². The van der Waals surface area contributed by atoms with Crippen molar-refractivity contribution in [3.63, 3.8) is 0 Å². The fourth-order valence-corrected chi connectivity index (χ4v) is 4.54. The van der Waals surface area contributed by atoms with E-state index in [1.165, 1.54) is 89.9 Å². The van der Waals surface area contributed by atoms with Crippen LogP contribution in [0.15, 0.2) is 0 Å². The van der Waals surface area contributed by atoms with E-state index in [2.05, 4.69) is 20.8 Å². The van der Waals surface area contributed by atoms with Gasteiger partial charge in [0.05, 0.1) is 19.8 Å². The molecule has 0 saturated carbocycles. The molecule has 0 radical (unpaired) electrons. The van der Waals surface area contributed by atoms with Crippen LogP contribution in [-0.2, 0) is 14.4 Å². The Hall–Kier alpha value is 0.0569. The molecule has 0 aromatic rings. The smallest absolute Gasteiger partial charge is 0.308 e. The van der Waals surface area contributed by atoms with Crippen LogP contribution >= 0.6 is 0 Å². The number of nitrogens with zero attached hydrogens (tertiary/aromatic N) is 1. The number of quaternary nitrogens is 1. The summed E-state index contributed by atoms with van der Waals surface area (Å²) >= 11 is 0. The predicted molar refractivity (Wildman–Crippen MR) is 129 cm³/mol. The van der Waals surface area contributed by atoms with Gasteiger partial charge in [-0.1, -0.05) is 90.4 Å². The summed E-state index contributed by atoms with van der Waals surface area (Å²) in [5, 5.41) is 0. The Labute approximate surface area is 186 Å². The summed E-state index contributed by atoms with van der Waals surface area (Å²) in [7, 11) is 6.12. The van der Waals surface area contributed by atoms with Crippen LogP contribution in [0.2, 0.25) is 0 Å². The van der Waals surface area contributed by atoms with Gasteiger partial charge in [-0.3, -0.25) is 0 Å². The van der Waals surface area contributed by atoms with Crippen LogP contribution < -0.4 is 0 Å². The number of rotatable bonds is 21. The second-order valence-corrected chi connectivity index (χ2v) is 10.7. The summed E-state index contributed by atoms with van der Waals surface area (Å²) < 4.78 is 6.00. The fourth-order valence-electron chi connectivity index (χ4n) is 4.10. The molecule has 0 amide bonds. The summed E-state index contributed by atoms with van der Waals surface area (Å²) in [6.07, 6.45) is 21.7. The summed E-state index contributed by atoms with van der Waals surface area (Å²) in [6.45, 7) is 6.60. The Bertz CT molecular complexity index is 362. The zero-order valence-electron chi connectivity index (χ0n) is 21.1. The molecule has 5 heteroatoms. The van der Waals surface area contributed by atoms with Crippen LogP contribution in [0.1, 0.15) is 124 Å². The lowest BCUT2D eigenvalue weighted by molar-refractivity contribution is -1.18. The van der Waals surface area contributed by atoms with E-state index >= 15 is 0 Å². The summed E-state index contributed by atoms with van der Waals surface area (Å²) in [5.74, 6) is 0. The Morgan fingerprint density at radius 2 is 1.07 bits per heavy atom. The number of hydrogen-bond acceptors (Lipinski definition) is 3. The number of methoxy groups -OCH3 is 1. The van der Waals surface area contributed by atoms with Crippen molar-refractivity contribution < 1.29 is 18.9 Å². The second kappa shape index (κ2) is 17.7. The van der Waals surface area contributed by atoms with Crippen molar-refractivity contribution in [3.8, 4) is 0 Å². The van der Waals surface area contributed by atoms with Gasteiger partial charge in [0.15, 0.2) is 0 Å². The van der Waals surface area contributed by atoms with Crippen LogP contribution in [0.5, 0.6) is 0 Å². The van der Waals surface area contributed by atoms with Crippen LogP contribution in [0, 0.1) is 0 Å². The monoisotopic (exact) mass is 432 g/mol. The van der Waals surface area contributed by atoms with Gasteiger partial charge in [0.25, 0.3) is 0 Å². The van der Waals surface area contributed by atoms with Gasteiger partial charge in [0.2, 0.25) is 0 Å². The molecule has 0 aliphatic rings. The molecule has 0 spiro atoms. The van der Waals surface area contributed by atoms with Crippen LogP contribution in [-0.4, -0.2) is 47.9 Å².